The van der Waals surface area contributed by atoms with Crippen LogP contribution in [0.5, 0.6) is 0 Å². The van der Waals surface area contributed by atoms with Gasteiger partial charge in [0.2, 0.25) is 0 Å². The predicted molar refractivity (Wildman–Crippen MR) is 107 cm³/mol. The van der Waals surface area contributed by atoms with Gasteiger partial charge in [0, 0.05) is 0 Å². The first-order valence-electron chi connectivity index (χ1n) is 8.82. The normalized spacial score (nSPS) is 15.0. The molecule has 0 radical (unpaired) electrons. The Balaban J connectivity index is 2.14. The van der Waals surface area contributed by atoms with Crippen LogP contribution < -0.4 is 0 Å². The molecule has 3 aromatic carbocycles. The largest absolute Gasteiger partial charge is 0.103 e. The molecule has 0 heterocycles. The number of hydrogen-bond donors (Lipinski definition) is 0. The van der Waals surface area contributed by atoms with Gasteiger partial charge in [-0.25, -0.2) is 0 Å². The molecule has 1 unspecified atom stereocenters. The quantitative estimate of drug-likeness (QED) is 0.478. The Morgan fingerprint density at radius 2 is 1.24 bits per heavy atom. The maximum absolute atomic E-state index is 4.19. The molecule has 0 heteroatoms. The third-order valence-electron chi connectivity index (χ3n) is 5.48. The van der Waals surface area contributed by atoms with Gasteiger partial charge in [-0.2, -0.15) is 0 Å². The molecule has 0 saturated carbocycles. The van der Waals surface area contributed by atoms with E-state index in [2.05, 4.69) is 98.1 Å². The summed E-state index contributed by atoms with van der Waals surface area (Å²) in [7, 11) is 0. The second kappa shape index (κ2) is 6.22. The molecule has 3 aromatic rings. The fourth-order valence-corrected chi connectivity index (χ4v) is 4.52. The van der Waals surface area contributed by atoms with Crippen LogP contribution in [0.1, 0.15) is 23.1 Å². The molecule has 25 heavy (non-hydrogen) atoms. The summed E-state index contributed by atoms with van der Waals surface area (Å²) < 4.78 is 0. The number of fused-ring (bicyclic) bond motifs is 3. The smallest absolute Gasteiger partial charge is 0.0528 e. The average Bonchev–Trinajstić information content (AvgIpc) is 2.98. The molecule has 1 aliphatic rings. The van der Waals surface area contributed by atoms with Crippen LogP contribution in [0.15, 0.2) is 104 Å². The third kappa shape index (κ3) is 2.14. The van der Waals surface area contributed by atoms with Gasteiger partial charge in [0.25, 0.3) is 0 Å². The summed E-state index contributed by atoms with van der Waals surface area (Å²) in [5.41, 5.74) is 6.50. The van der Waals surface area contributed by atoms with E-state index in [4.69, 9.17) is 0 Å². The number of hydrogen-bond acceptors (Lipinski definition) is 0. The minimum absolute atomic E-state index is 0.218. The molecule has 0 saturated heterocycles. The highest BCUT2D eigenvalue weighted by molar-refractivity contribution is 5.83. The van der Waals surface area contributed by atoms with Crippen LogP contribution in [0.3, 0.4) is 0 Å². The van der Waals surface area contributed by atoms with Gasteiger partial charge < -0.3 is 0 Å². The lowest BCUT2D eigenvalue weighted by Crippen LogP contribution is -2.35. The van der Waals surface area contributed by atoms with Gasteiger partial charge in [0.05, 0.1) is 5.41 Å². The molecule has 0 aliphatic heterocycles. The molecule has 4 rings (SSSR count). The fourth-order valence-electron chi connectivity index (χ4n) is 4.52. The van der Waals surface area contributed by atoms with Gasteiger partial charge >= 0.3 is 0 Å². The van der Waals surface area contributed by atoms with Gasteiger partial charge in [-0.05, 0) is 40.2 Å². The predicted octanol–water partition coefficient (Wildman–Crippen LogP) is 6.38. The molecule has 0 fully saturated rings. The topological polar surface area (TPSA) is 0 Å². The minimum atomic E-state index is -0.218. The molecular weight excluding hydrogens is 300 g/mol. The van der Waals surface area contributed by atoms with E-state index in [0.29, 0.717) is 0 Å². The molecule has 1 atom stereocenters. The summed E-state index contributed by atoms with van der Waals surface area (Å²) >= 11 is 0. The van der Waals surface area contributed by atoms with Crippen LogP contribution >= 0.6 is 0 Å². The second-order valence-electron chi connectivity index (χ2n) is 6.63. The van der Waals surface area contributed by atoms with Crippen molar-refractivity contribution in [2.75, 3.05) is 0 Å². The van der Waals surface area contributed by atoms with E-state index in [9.17, 15) is 0 Å². The number of benzene rings is 3. The van der Waals surface area contributed by atoms with Crippen LogP contribution in [0.4, 0.5) is 0 Å². The Bertz CT molecular complexity index is 872. The molecule has 1 aliphatic carbocycles. The van der Waals surface area contributed by atoms with E-state index < -0.39 is 0 Å². The van der Waals surface area contributed by atoms with Crippen LogP contribution in [0.2, 0.25) is 0 Å². The first kappa shape index (κ1) is 15.7. The Morgan fingerprint density at radius 1 is 0.720 bits per heavy atom. The molecule has 0 amide bonds. The lowest BCUT2D eigenvalue weighted by molar-refractivity contribution is 0.461. The highest BCUT2D eigenvalue weighted by Crippen LogP contribution is 2.57. The van der Waals surface area contributed by atoms with Gasteiger partial charge in [-0.15, -0.1) is 13.2 Å². The summed E-state index contributed by atoms with van der Waals surface area (Å²) in [5, 5.41) is 0. The molecule has 0 nitrogen and oxygen atoms in total. The molecule has 0 bridgehead atoms. The van der Waals surface area contributed by atoms with E-state index in [1.807, 2.05) is 6.08 Å². The first-order chi connectivity index (χ1) is 12.3. The van der Waals surface area contributed by atoms with Crippen molar-refractivity contribution < 1.29 is 0 Å². The zero-order valence-electron chi connectivity index (χ0n) is 14.4. The van der Waals surface area contributed by atoms with Crippen molar-refractivity contribution in [3.8, 4) is 11.1 Å². The number of allylic oxidation sites excluding steroid dienone is 2. The van der Waals surface area contributed by atoms with Crippen LogP contribution in [0.25, 0.3) is 11.1 Å². The fraction of sp³-hybridized carbons (Fsp3) is 0.120. The van der Waals surface area contributed by atoms with E-state index in [-0.39, 0.29) is 11.3 Å². The zero-order valence-corrected chi connectivity index (χ0v) is 14.4. The van der Waals surface area contributed by atoms with Crippen molar-refractivity contribution in [1.29, 1.82) is 0 Å². The first-order valence-corrected chi connectivity index (χ1v) is 8.82. The van der Waals surface area contributed by atoms with Crippen LogP contribution in [-0.2, 0) is 5.41 Å². The summed E-state index contributed by atoms with van der Waals surface area (Å²) in [6, 6.07) is 28.5. The Labute approximate surface area is 150 Å². The average molecular weight is 322 g/mol. The maximum Gasteiger partial charge on any atom is 0.0528 e. The van der Waals surface area contributed by atoms with Crippen molar-refractivity contribution >= 4 is 0 Å². The summed E-state index contributed by atoms with van der Waals surface area (Å²) in [6.07, 6.45) is 5.01. The van der Waals surface area contributed by atoms with Crippen molar-refractivity contribution in [2.45, 2.75) is 11.8 Å². The van der Waals surface area contributed by atoms with Crippen molar-refractivity contribution in [2.24, 2.45) is 5.92 Å². The zero-order chi connectivity index (χ0) is 17.3. The highest BCUT2D eigenvalue weighted by Gasteiger charge is 2.48. The molecule has 122 valence electrons. The minimum Gasteiger partial charge on any atom is -0.103 e. The Hall–Kier alpha value is -2.86. The summed E-state index contributed by atoms with van der Waals surface area (Å²) in [5.74, 6) is 0.247. The highest BCUT2D eigenvalue weighted by atomic mass is 14.5. The van der Waals surface area contributed by atoms with Gasteiger partial charge in [-0.3, -0.25) is 0 Å². The Morgan fingerprint density at radius 3 is 1.76 bits per heavy atom. The van der Waals surface area contributed by atoms with E-state index in [0.717, 1.165) is 6.42 Å². The molecule has 0 aromatic heterocycles. The molecule has 0 spiro atoms. The van der Waals surface area contributed by atoms with Gasteiger partial charge in [0.15, 0.2) is 0 Å². The lowest BCUT2D eigenvalue weighted by Gasteiger charge is -2.39. The number of rotatable bonds is 5. The van der Waals surface area contributed by atoms with Gasteiger partial charge in [-0.1, -0.05) is 91.0 Å². The van der Waals surface area contributed by atoms with Crippen LogP contribution in [-0.4, -0.2) is 0 Å². The van der Waals surface area contributed by atoms with Crippen molar-refractivity contribution in [3.05, 3.63) is 121 Å². The lowest BCUT2D eigenvalue weighted by atomic mass is 9.63. The van der Waals surface area contributed by atoms with Gasteiger partial charge in [0.1, 0.15) is 0 Å². The van der Waals surface area contributed by atoms with E-state index in [1.54, 1.807) is 0 Å². The van der Waals surface area contributed by atoms with Crippen LogP contribution in [0, 0.1) is 5.92 Å². The summed E-state index contributed by atoms with van der Waals surface area (Å²) in [4.78, 5) is 0. The maximum atomic E-state index is 4.19. The monoisotopic (exact) mass is 322 g/mol. The third-order valence-corrected chi connectivity index (χ3v) is 5.48. The van der Waals surface area contributed by atoms with E-state index in [1.165, 1.54) is 27.8 Å². The standard InChI is InChI=1S/C25H22/c1-3-12-19(4-2)25(20-13-6-5-7-14-20)23-17-10-8-15-21(23)22-16-9-11-18-24(22)25/h3-11,13-19H,1-2,12H2. The molecule has 0 N–H and O–H groups in total. The van der Waals surface area contributed by atoms with E-state index >= 15 is 0 Å². The second-order valence-corrected chi connectivity index (χ2v) is 6.63. The van der Waals surface area contributed by atoms with Crippen molar-refractivity contribution in [1.82, 2.24) is 0 Å². The molecular formula is C25H22. The Kier molecular flexibility index (Phi) is 3.89. The summed E-state index contributed by atoms with van der Waals surface area (Å²) in [6.45, 7) is 8.20. The SMILES string of the molecule is C=CCC(C=C)C1(c2ccccc2)c2ccccc2-c2ccccc21. The van der Waals surface area contributed by atoms with Crippen molar-refractivity contribution in [3.63, 3.8) is 0 Å².